The van der Waals surface area contributed by atoms with Gasteiger partial charge in [0.1, 0.15) is 0 Å². The van der Waals surface area contributed by atoms with Crippen LogP contribution in [0.15, 0.2) is 42.6 Å². The summed E-state index contributed by atoms with van der Waals surface area (Å²) in [5.74, 6) is 0.755. The molecule has 0 radical (unpaired) electrons. The maximum Gasteiger partial charge on any atom is 0.159 e. The SMILES string of the molecule is CCOCCn1ccc(-c2cccc(-c3nc(C)cc(C)n3)c2)n1. The Bertz CT molecular complexity index is 805. The van der Waals surface area contributed by atoms with Crippen molar-refractivity contribution in [1.29, 1.82) is 0 Å². The molecule has 0 aliphatic heterocycles. The van der Waals surface area contributed by atoms with Gasteiger partial charge in [0.2, 0.25) is 0 Å². The van der Waals surface area contributed by atoms with E-state index in [4.69, 9.17) is 4.74 Å². The minimum absolute atomic E-state index is 0.675. The summed E-state index contributed by atoms with van der Waals surface area (Å²) < 4.78 is 7.28. The zero-order valence-corrected chi connectivity index (χ0v) is 14.4. The van der Waals surface area contributed by atoms with Crippen molar-refractivity contribution >= 4 is 0 Å². The van der Waals surface area contributed by atoms with Crippen molar-refractivity contribution in [3.05, 3.63) is 54.0 Å². The van der Waals surface area contributed by atoms with E-state index in [1.54, 1.807) is 0 Å². The zero-order valence-electron chi connectivity index (χ0n) is 14.4. The minimum Gasteiger partial charge on any atom is -0.380 e. The maximum absolute atomic E-state index is 5.37. The van der Waals surface area contributed by atoms with Crippen LogP contribution in [0.4, 0.5) is 0 Å². The molecule has 0 amide bonds. The van der Waals surface area contributed by atoms with E-state index in [9.17, 15) is 0 Å². The third-order valence-electron chi connectivity index (χ3n) is 3.71. The van der Waals surface area contributed by atoms with Gasteiger partial charge in [-0.3, -0.25) is 4.68 Å². The van der Waals surface area contributed by atoms with E-state index in [1.165, 1.54) is 0 Å². The molecule has 5 nitrogen and oxygen atoms in total. The van der Waals surface area contributed by atoms with E-state index in [0.29, 0.717) is 6.61 Å². The van der Waals surface area contributed by atoms with Gasteiger partial charge in [-0.1, -0.05) is 18.2 Å². The lowest BCUT2D eigenvalue weighted by molar-refractivity contribution is 0.136. The highest BCUT2D eigenvalue weighted by atomic mass is 16.5. The van der Waals surface area contributed by atoms with Crippen LogP contribution in [0.2, 0.25) is 0 Å². The van der Waals surface area contributed by atoms with Gasteiger partial charge in [-0.25, -0.2) is 9.97 Å². The van der Waals surface area contributed by atoms with Crippen molar-refractivity contribution in [2.24, 2.45) is 0 Å². The Morgan fingerprint density at radius 3 is 2.50 bits per heavy atom. The number of nitrogens with zero attached hydrogens (tertiary/aromatic N) is 4. The van der Waals surface area contributed by atoms with Gasteiger partial charge < -0.3 is 4.74 Å². The molecule has 0 N–H and O–H groups in total. The molecule has 0 saturated heterocycles. The largest absolute Gasteiger partial charge is 0.380 e. The lowest BCUT2D eigenvalue weighted by Crippen LogP contribution is -2.06. The van der Waals surface area contributed by atoms with E-state index >= 15 is 0 Å². The van der Waals surface area contributed by atoms with Crippen LogP contribution < -0.4 is 0 Å². The zero-order chi connectivity index (χ0) is 16.9. The molecule has 1 aromatic carbocycles. The smallest absolute Gasteiger partial charge is 0.159 e. The van der Waals surface area contributed by atoms with Crippen LogP contribution >= 0.6 is 0 Å². The quantitative estimate of drug-likeness (QED) is 0.650. The molecule has 5 heteroatoms. The van der Waals surface area contributed by atoms with Gasteiger partial charge in [0.15, 0.2) is 5.82 Å². The molecule has 0 spiro atoms. The van der Waals surface area contributed by atoms with E-state index in [0.717, 1.165) is 47.2 Å². The highest BCUT2D eigenvalue weighted by Crippen LogP contribution is 2.23. The first-order valence-electron chi connectivity index (χ1n) is 8.20. The fourth-order valence-electron chi connectivity index (χ4n) is 2.62. The van der Waals surface area contributed by atoms with E-state index in [1.807, 2.05) is 55.9 Å². The summed E-state index contributed by atoms with van der Waals surface area (Å²) in [5.41, 5.74) is 4.96. The molecule has 124 valence electrons. The van der Waals surface area contributed by atoms with E-state index in [2.05, 4.69) is 27.2 Å². The highest BCUT2D eigenvalue weighted by Gasteiger charge is 2.07. The van der Waals surface area contributed by atoms with Crippen LogP contribution in [0, 0.1) is 13.8 Å². The molecule has 0 fully saturated rings. The average molecular weight is 322 g/mol. The summed E-state index contributed by atoms with van der Waals surface area (Å²) in [5, 5.41) is 4.62. The normalized spacial score (nSPS) is 11.0. The number of benzene rings is 1. The Hall–Kier alpha value is -2.53. The van der Waals surface area contributed by atoms with Gasteiger partial charge in [-0.2, -0.15) is 5.10 Å². The predicted octanol–water partition coefficient (Wildman–Crippen LogP) is 3.66. The first kappa shape index (κ1) is 16.3. The molecule has 0 aliphatic rings. The third kappa shape index (κ3) is 3.86. The van der Waals surface area contributed by atoms with Crippen molar-refractivity contribution in [3.63, 3.8) is 0 Å². The molecular weight excluding hydrogens is 300 g/mol. The van der Waals surface area contributed by atoms with Crippen LogP contribution in [-0.4, -0.2) is 33.0 Å². The summed E-state index contributed by atoms with van der Waals surface area (Å²) in [6.45, 7) is 8.13. The van der Waals surface area contributed by atoms with E-state index in [-0.39, 0.29) is 0 Å². The first-order chi connectivity index (χ1) is 11.7. The maximum atomic E-state index is 5.37. The monoisotopic (exact) mass is 322 g/mol. The van der Waals surface area contributed by atoms with Gasteiger partial charge in [-0.05, 0) is 39.0 Å². The second-order valence-electron chi connectivity index (χ2n) is 5.72. The molecule has 0 atom stereocenters. The Morgan fingerprint density at radius 1 is 1.00 bits per heavy atom. The molecule has 3 rings (SSSR count). The molecule has 3 aromatic rings. The fraction of sp³-hybridized carbons (Fsp3) is 0.316. The van der Waals surface area contributed by atoms with Gasteiger partial charge in [0.05, 0.1) is 18.8 Å². The summed E-state index contributed by atoms with van der Waals surface area (Å²) in [7, 11) is 0. The Labute approximate surface area is 142 Å². The van der Waals surface area contributed by atoms with Crippen molar-refractivity contribution in [2.45, 2.75) is 27.3 Å². The van der Waals surface area contributed by atoms with Gasteiger partial charge >= 0.3 is 0 Å². The van der Waals surface area contributed by atoms with Crippen LogP contribution in [0.1, 0.15) is 18.3 Å². The Kier molecular flexibility index (Phi) is 5.01. The van der Waals surface area contributed by atoms with Crippen LogP contribution in [0.5, 0.6) is 0 Å². The topological polar surface area (TPSA) is 52.8 Å². The number of hydrogen-bond donors (Lipinski definition) is 0. The first-order valence-corrected chi connectivity index (χ1v) is 8.20. The highest BCUT2D eigenvalue weighted by molar-refractivity contribution is 5.67. The third-order valence-corrected chi connectivity index (χ3v) is 3.71. The minimum atomic E-state index is 0.675. The van der Waals surface area contributed by atoms with Gasteiger partial charge in [-0.15, -0.1) is 0 Å². The molecule has 0 saturated carbocycles. The summed E-state index contributed by atoms with van der Waals surface area (Å²) in [6.07, 6.45) is 1.98. The van der Waals surface area contributed by atoms with Gasteiger partial charge in [0.25, 0.3) is 0 Å². The van der Waals surface area contributed by atoms with E-state index < -0.39 is 0 Å². The van der Waals surface area contributed by atoms with Crippen molar-refractivity contribution in [3.8, 4) is 22.6 Å². The Morgan fingerprint density at radius 2 is 1.75 bits per heavy atom. The number of ether oxygens (including phenoxy) is 1. The van der Waals surface area contributed by atoms with Crippen LogP contribution in [-0.2, 0) is 11.3 Å². The number of hydrogen-bond acceptors (Lipinski definition) is 4. The second kappa shape index (κ2) is 7.36. The second-order valence-corrected chi connectivity index (χ2v) is 5.72. The molecule has 0 aliphatic carbocycles. The molecular formula is C19H22N4O. The molecule has 0 unspecified atom stereocenters. The number of rotatable bonds is 6. The van der Waals surface area contributed by atoms with Crippen LogP contribution in [0.3, 0.4) is 0 Å². The van der Waals surface area contributed by atoms with Crippen molar-refractivity contribution < 1.29 is 4.74 Å². The lowest BCUT2D eigenvalue weighted by Gasteiger charge is -2.05. The summed E-state index contributed by atoms with van der Waals surface area (Å²) in [4.78, 5) is 9.08. The lowest BCUT2D eigenvalue weighted by atomic mass is 10.1. The fourth-order valence-corrected chi connectivity index (χ4v) is 2.62. The predicted molar refractivity (Wildman–Crippen MR) is 94.7 cm³/mol. The number of aromatic nitrogens is 4. The molecule has 2 heterocycles. The summed E-state index contributed by atoms with van der Waals surface area (Å²) in [6, 6.07) is 12.2. The standard InChI is InChI=1S/C19H22N4O/c1-4-24-11-10-23-9-8-18(22-23)16-6-5-7-17(13-16)19-20-14(2)12-15(3)21-19/h5-9,12-13H,4,10-11H2,1-3H3. The van der Waals surface area contributed by atoms with Crippen molar-refractivity contribution in [2.75, 3.05) is 13.2 Å². The molecule has 2 aromatic heterocycles. The molecule has 24 heavy (non-hydrogen) atoms. The van der Waals surface area contributed by atoms with Crippen LogP contribution in [0.25, 0.3) is 22.6 Å². The molecule has 0 bridgehead atoms. The van der Waals surface area contributed by atoms with Crippen molar-refractivity contribution in [1.82, 2.24) is 19.7 Å². The summed E-state index contributed by atoms with van der Waals surface area (Å²) >= 11 is 0. The number of aryl methyl sites for hydroxylation is 2. The van der Waals surface area contributed by atoms with Gasteiger partial charge in [0, 0.05) is 35.3 Å². The Balaban J connectivity index is 1.85. The average Bonchev–Trinajstić information content (AvgIpc) is 3.03.